The maximum Gasteiger partial charge on any atom is 0.127 e. The second-order valence-electron chi connectivity index (χ2n) is 8.32. The molecule has 158 valence electrons. The van der Waals surface area contributed by atoms with Gasteiger partial charge in [0, 0.05) is 11.6 Å². The second-order valence-corrected chi connectivity index (χ2v) is 8.32. The molecule has 1 aliphatic rings. The molecular formula is C23H34N4O2. The third-order valence-corrected chi connectivity index (χ3v) is 5.64. The number of aromatic hydroxyl groups is 1. The Hall–Kier alpha value is -2.12. The molecule has 0 bridgehead atoms. The monoisotopic (exact) mass is 398 g/mol. The van der Waals surface area contributed by atoms with Gasteiger partial charge in [-0.2, -0.15) is 11.1 Å². The normalized spacial score (nSPS) is 15.0. The third kappa shape index (κ3) is 5.70. The molecule has 0 saturated carbocycles. The zero-order chi connectivity index (χ0) is 20.7. The summed E-state index contributed by atoms with van der Waals surface area (Å²) in [5.74, 6) is 1.06. The lowest BCUT2D eigenvalue weighted by Crippen LogP contribution is -2.46. The van der Waals surface area contributed by atoms with E-state index in [9.17, 15) is 5.11 Å². The van der Waals surface area contributed by atoms with Crippen LogP contribution in [0.3, 0.4) is 0 Å². The highest BCUT2D eigenvalue weighted by atomic mass is 16.5. The Morgan fingerprint density at radius 1 is 1.00 bits per heavy atom. The fraction of sp³-hybridized carbons (Fsp3) is 0.478. The quantitative estimate of drug-likeness (QED) is 0.389. The molecule has 0 unspecified atom stereocenters. The van der Waals surface area contributed by atoms with Crippen LogP contribution < -0.4 is 26.7 Å². The zero-order valence-electron chi connectivity index (χ0n) is 17.7. The summed E-state index contributed by atoms with van der Waals surface area (Å²) in [6.07, 6.45) is 5.46. The van der Waals surface area contributed by atoms with Crippen molar-refractivity contribution >= 4 is 0 Å². The molecule has 2 aromatic carbocycles. The lowest BCUT2D eigenvalue weighted by atomic mass is 9.84. The van der Waals surface area contributed by atoms with E-state index in [1.807, 2.05) is 36.4 Å². The summed E-state index contributed by atoms with van der Waals surface area (Å²) in [6.45, 7) is 7.30. The number of ether oxygens (including phenoxy) is 1. The number of hydrogen-bond donors (Lipinski definition) is 5. The van der Waals surface area contributed by atoms with E-state index in [-0.39, 0.29) is 17.3 Å². The Kier molecular flexibility index (Phi) is 7.50. The molecule has 2 aromatic rings. The Labute approximate surface area is 174 Å². The van der Waals surface area contributed by atoms with Crippen LogP contribution in [0.1, 0.15) is 52.0 Å². The van der Waals surface area contributed by atoms with E-state index in [0.29, 0.717) is 6.61 Å². The highest BCUT2D eigenvalue weighted by molar-refractivity contribution is 5.72. The summed E-state index contributed by atoms with van der Waals surface area (Å²) in [7, 11) is 0. The minimum atomic E-state index is 0.145. The van der Waals surface area contributed by atoms with Crippen LogP contribution in [0.15, 0.2) is 42.5 Å². The number of nitrogens with one attached hydrogen (secondary N) is 4. The highest BCUT2D eigenvalue weighted by Gasteiger charge is 2.30. The first-order chi connectivity index (χ1) is 14.0. The number of benzene rings is 2. The van der Waals surface area contributed by atoms with Crippen LogP contribution >= 0.6 is 0 Å². The van der Waals surface area contributed by atoms with Gasteiger partial charge in [0.25, 0.3) is 0 Å². The number of hydrazine groups is 3. The molecule has 1 aliphatic heterocycles. The average molecular weight is 399 g/mol. The van der Waals surface area contributed by atoms with Crippen LogP contribution in [0.4, 0.5) is 0 Å². The highest BCUT2D eigenvalue weighted by Crippen LogP contribution is 2.36. The second kappa shape index (κ2) is 10.1. The predicted octanol–water partition coefficient (Wildman–Crippen LogP) is 4.03. The van der Waals surface area contributed by atoms with E-state index in [1.165, 1.54) is 0 Å². The SMILES string of the molecule is CCc1cc(-c2ccccc2)c(O)cc1OCCCCCC(C)(C)C1NNNN1. The molecule has 1 heterocycles. The minimum absolute atomic E-state index is 0.145. The molecule has 0 aromatic heterocycles. The molecule has 1 fully saturated rings. The van der Waals surface area contributed by atoms with Gasteiger partial charge in [0.1, 0.15) is 11.5 Å². The van der Waals surface area contributed by atoms with Gasteiger partial charge in [0.05, 0.1) is 12.8 Å². The molecule has 0 radical (unpaired) electrons. The number of aryl methyl sites for hydroxylation is 1. The molecule has 0 spiro atoms. The van der Waals surface area contributed by atoms with Crippen molar-refractivity contribution in [2.45, 2.75) is 59.0 Å². The van der Waals surface area contributed by atoms with Crippen LogP contribution in [-0.2, 0) is 6.42 Å². The first kappa shape index (κ1) is 21.6. The van der Waals surface area contributed by atoms with Crippen molar-refractivity contribution in [3.63, 3.8) is 0 Å². The molecule has 0 atom stereocenters. The number of rotatable bonds is 10. The summed E-state index contributed by atoms with van der Waals surface area (Å²) < 4.78 is 6.03. The van der Waals surface area contributed by atoms with Crippen LogP contribution in [0.2, 0.25) is 0 Å². The van der Waals surface area contributed by atoms with Crippen molar-refractivity contribution in [2.75, 3.05) is 6.61 Å². The fourth-order valence-electron chi connectivity index (χ4n) is 3.70. The Morgan fingerprint density at radius 2 is 1.72 bits per heavy atom. The predicted molar refractivity (Wildman–Crippen MR) is 117 cm³/mol. The molecule has 6 heteroatoms. The summed E-state index contributed by atoms with van der Waals surface area (Å²) in [4.78, 5) is 0. The molecule has 6 nitrogen and oxygen atoms in total. The molecule has 5 N–H and O–H groups in total. The fourth-order valence-corrected chi connectivity index (χ4v) is 3.70. The van der Waals surface area contributed by atoms with Crippen molar-refractivity contribution in [3.05, 3.63) is 48.0 Å². The van der Waals surface area contributed by atoms with E-state index in [0.717, 1.165) is 54.5 Å². The van der Waals surface area contributed by atoms with Crippen molar-refractivity contribution in [1.29, 1.82) is 0 Å². The van der Waals surface area contributed by atoms with E-state index < -0.39 is 0 Å². The number of phenols is 1. The summed E-state index contributed by atoms with van der Waals surface area (Å²) in [6, 6.07) is 13.8. The van der Waals surface area contributed by atoms with Gasteiger partial charge in [-0.1, -0.05) is 63.9 Å². The number of phenolic OH excluding ortho intramolecular Hbond substituents is 1. The maximum atomic E-state index is 10.5. The van der Waals surface area contributed by atoms with Gasteiger partial charge in [-0.25, -0.2) is 10.9 Å². The maximum absolute atomic E-state index is 10.5. The van der Waals surface area contributed by atoms with Crippen LogP contribution in [-0.4, -0.2) is 17.9 Å². The van der Waals surface area contributed by atoms with Gasteiger partial charge < -0.3 is 9.84 Å². The van der Waals surface area contributed by atoms with E-state index >= 15 is 0 Å². The van der Waals surface area contributed by atoms with Gasteiger partial charge >= 0.3 is 0 Å². The van der Waals surface area contributed by atoms with Crippen molar-refractivity contribution in [1.82, 2.24) is 21.9 Å². The van der Waals surface area contributed by atoms with Gasteiger partial charge in [-0.05, 0) is 41.9 Å². The molecule has 0 aliphatic carbocycles. The Balaban J connectivity index is 1.48. The third-order valence-electron chi connectivity index (χ3n) is 5.64. The summed E-state index contributed by atoms with van der Waals surface area (Å²) >= 11 is 0. The lowest BCUT2D eigenvalue weighted by Gasteiger charge is -2.30. The molecule has 3 rings (SSSR count). The van der Waals surface area contributed by atoms with Gasteiger partial charge in [0.15, 0.2) is 0 Å². The Morgan fingerprint density at radius 3 is 2.41 bits per heavy atom. The number of unbranched alkanes of at least 4 members (excludes halogenated alkanes) is 2. The van der Waals surface area contributed by atoms with Gasteiger partial charge in [-0.15, -0.1) is 0 Å². The topological polar surface area (TPSA) is 77.6 Å². The van der Waals surface area contributed by atoms with E-state index in [2.05, 4.69) is 42.7 Å². The van der Waals surface area contributed by atoms with Crippen LogP contribution in [0.25, 0.3) is 11.1 Å². The summed E-state index contributed by atoms with van der Waals surface area (Å²) in [5.41, 5.74) is 15.3. The first-order valence-corrected chi connectivity index (χ1v) is 10.6. The zero-order valence-corrected chi connectivity index (χ0v) is 17.7. The van der Waals surface area contributed by atoms with Gasteiger partial charge in [-0.3, -0.25) is 0 Å². The van der Waals surface area contributed by atoms with Gasteiger partial charge in [0.2, 0.25) is 0 Å². The van der Waals surface area contributed by atoms with E-state index in [4.69, 9.17) is 4.74 Å². The molecular weight excluding hydrogens is 364 g/mol. The van der Waals surface area contributed by atoms with Crippen LogP contribution in [0, 0.1) is 5.41 Å². The first-order valence-electron chi connectivity index (χ1n) is 10.6. The van der Waals surface area contributed by atoms with Crippen molar-refractivity contribution in [3.8, 4) is 22.6 Å². The number of hydrogen-bond acceptors (Lipinski definition) is 6. The smallest absolute Gasteiger partial charge is 0.127 e. The minimum Gasteiger partial charge on any atom is -0.507 e. The lowest BCUT2D eigenvalue weighted by molar-refractivity contribution is 0.205. The Bertz CT molecular complexity index is 774. The van der Waals surface area contributed by atoms with E-state index in [1.54, 1.807) is 6.07 Å². The van der Waals surface area contributed by atoms with Crippen molar-refractivity contribution in [2.24, 2.45) is 5.41 Å². The molecule has 0 amide bonds. The average Bonchev–Trinajstić information content (AvgIpc) is 3.27. The standard InChI is InChI=1S/C23H34N4O2/c1-4-17-15-19(18-11-7-5-8-12-18)20(28)16-21(17)29-14-10-6-9-13-23(2,3)22-24-26-27-25-22/h5,7-8,11-12,15-16,22,24-28H,4,6,9-10,13-14H2,1-3H3. The molecule has 1 saturated heterocycles. The van der Waals surface area contributed by atoms with Crippen LogP contribution in [0.5, 0.6) is 11.5 Å². The van der Waals surface area contributed by atoms with Crippen molar-refractivity contribution < 1.29 is 9.84 Å². The molecule has 29 heavy (non-hydrogen) atoms. The summed E-state index contributed by atoms with van der Waals surface area (Å²) in [5, 5.41) is 10.5. The largest absolute Gasteiger partial charge is 0.507 e.